The van der Waals surface area contributed by atoms with E-state index in [9.17, 15) is 9.59 Å². The van der Waals surface area contributed by atoms with Crippen LogP contribution in [0.4, 0.5) is 4.79 Å². The van der Waals surface area contributed by atoms with Crippen molar-refractivity contribution in [1.29, 1.82) is 0 Å². The Hall–Kier alpha value is -2.47. The van der Waals surface area contributed by atoms with Crippen LogP contribution in [0.1, 0.15) is 18.9 Å². The van der Waals surface area contributed by atoms with Gasteiger partial charge in [0.25, 0.3) is 0 Å². The van der Waals surface area contributed by atoms with Crippen molar-refractivity contribution < 1.29 is 19.1 Å². The van der Waals surface area contributed by atoms with Crippen LogP contribution in [-0.4, -0.2) is 30.5 Å². The molecule has 0 aliphatic rings. The Morgan fingerprint density at radius 2 is 1.65 bits per heavy atom. The number of amides is 1. The molecule has 0 radical (unpaired) electrons. The lowest BCUT2D eigenvalue weighted by molar-refractivity contribution is -0.141. The normalized spacial score (nSPS) is 12.7. The number of carbonyl (C=O) groups excluding carboxylic acids is 2. The topological polar surface area (TPSA) is 64.6 Å². The zero-order valence-corrected chi connectivity index (χ0v) is 15.7. The number of rotatable bonds is 8. The highest BCUT2D eigenvalue weighted by Crippen LogP contribution is 2.26. The summed E-state index contributed by atoms with van der Waals surface area (Å²) in [5.41, 5.74) is 0.902. The zero-order chi connectivity index (χ0) is 18.8. The summed E-state index contributed by atoms with van der Waals surface area (Å²) in [6.07, 6.45) is -0.471. The van der Waals surface area contributed by atoms with Gasteiger partial charge in [0.05, 0.1) is 19.6 Å². The fourth-order valence-corrected chi connectivity index (χ4v) is 3.38. The van der Waals surface area contributed by atoms with Crippen molar-refractivity contribution >= 4 is 23.8 Å². The van der Waals surface area contributed by atoms with Crippen molar-refractivity contribution in [3.05, 3.63) is 66.2 Å². The zero-order valence-electron chi connectivity index (χ0n) is 14.9. The van der Waals surface area contributed by atoms with Crippen molar-refractivity contribution in [3.63, 3.8) is 0 Å². The summed E-state index contributed by atoms with van der Waals surface area (Å²) in [5, 5.41) is 2.75. The number of benzene rings is 2. The number of nitrogens with one attached hydrogen (secondary N) is 1. The highest BCUT2D eigenvalue weighted by atomic mass is 32.2. The molecule has 2 rings (SSSR count). The van der Waals surface area contributed by atoms with Crippen molar-refractivity contribution in [1.82, 2.24) is 5.32 Å². The fraction of sp³-hybridized carbons (Fsp3) is 0.300. The lowest BCUT2D eigenvalue weighted by Gasteiger charge is -2.23. The Bertz CT molecular complexity index is 693. The van der Waals surface area contributed by atoms with Gasteiger partial charge in [-0.1, -0.05) is 55.5 Å². The minimum atomic E-state index is -0.553. The molecule has 0 aliphatic heterocycles. The number of esters is 1. The molecule has 0 spiro atoms. The van der Waals surface area contributed by atoms with E-state index in [0.717, 1.165) is 10.5 Å². The van der Waals surface area contributed by atoms with E-state index < -0.39 is 12.1 Å². The highest BCUT2D eigenvalue weighted by Gasteiger charge is 2.24. The van der Waals surface area contributed by atoms with Crippen molar-refractivity contribution in [2.24, 2.45) is 0 Å². The highest BCUT2D eigenvalue weighted by molar-refractivity contribution is 8.00. The van der Waals surface area contributed by atoms with Gasteiger partial charge in [-0.25, -0.2) is 4.79 Å². The number of alkyl carbamates (subject to hydrolysis) is 1. The molecule has 2 unspecified atom stereocenters. The van der Waals surface area contributed by atoms with E-state index in [0.29, 0.717) is 0 Å². The third-order valence-corrected chi connectivity index (χ3v) is 5.01. The molecule has 0 saturated carbocycles. The van der Waals surface area contributed by atoms with E-state index in [1.807, 2.05) is 67.6 Å². The van der Waals surface area contributed by atoms with E-state index >= 15 is 0 Å². The molecule has 1 amide bonds. The molecule has 5 nitrogen and oxygen atoms in total. The predicted molar refractivity (Wildman–Crippen MR) is 102 cm³/mol. The van der Waals surface area contributed by atoms with Crippen LogP contribution in [0.25, 0.3) is 0 Å². The monoisotopic (exact) mass is 373 g/mol. The van der Waals surface area contributed by atoms with Gasteiger partial charge in [-0.05, 0) is 17.7 Å². The van der Waals surface area contributed by atoms with Crippen molar-refractivity contribution in [2.75, 3.05) is 7.11 Å². The summed E-state index contributed by atoms with van der Waals surface area (Å²) in [5.74, 6) is -0.376. The van der Waals surface area contributed by atoms with Gasteiger partial charge < -0.3 is 14.8 Å². The van der Waals surface area contributed by atoms with Gasteiger partial charge in [0.2, 0.25) is 0 Å². The molecule has 2 aromatic carbocycles. The Morgan fingerprint density at radius 1 is 1.04 bits per heavy atom. The lowest BCUT2D eigenvalue weighted by atomic mass is 10.1. The summed E-state index contributed by atoms with van der Waals surface area (Å²) >= 11 is 1.58. The maximum Gasteiger partial charge on any atom is 0.407 e. The minimum absolute atomic E-state index is 0.0409. The molecule has 0 heterocycles. The van der Waals surface area contributed by atoms with Crippen LogP contribution in [0.5, 0.6) is 0 Å². The van der Waals surface area contributed by atoms with Crippen LogP contribution in [0, 0.1) is 0 Å². The van der Waals surface area contributed by atoms with Crippen LogP contribution in [-0.2, 0) is 20.9 Å². The fourth-order valence-electron chi connectivity index (χ4n) is 2.31. The standard InChI is InChI=1S/C20H23NO4S/c1-15(26-17-11-7-4-8-12-17)18(13-19(22)24-2)21-20(23)25-14-16-9-5-3-6-10-16/h3-12,15,18H,13-14H2,1-2H3,(H,21,23). The number of thioether (sulfide) groups is 1. The summed E-state index contributed by atoms with van der Waals surface area (Å²) in [7, 11) is 1.34. The van der Waals surface area contributed by atoms with Crippen molar-refractivity contribution in [3.8, 4) is 0 Å². The molecule has 138 valence electrons. The van der Waals surface area contributed by atoms with Gasteiger partial charge >= 0.3 is 12.1 Å². The molecule has 0 aromatic heterocycles. The molecule has 2 atom stereocenters. The molecule has 2 aromatic rings. The Balaban J connectivity index is 1.94. The smallest absolute Gasteiger partial charge is 0.407 e. The van der Waals surface area contributed by atoms with E-state index in [-0.39, 0.29) is 24.2 Å². The van der Waals surface area contributed by atoms with Gasteiger partial charge in [0.1, 0.15) is 6.61 Å². The molecular weight excluding hydrogens is 350 g/mol. The first-order valence-electron chi connectivity index (χ1n) is 8.34. The van der Waals surface area contributed by atoms with Gasteiger partial charge in [-0.15, -0.1) is 11.8 Å². The molecule has 0 bridgehead atoms. The maximum atomic E-state index is 12.2. The summed E-state index contributed by atoms with van der Waals surface area (Å²) in [6.45, 7) is 2.14. The second-order valence-corrected chi connectivity index (χ2v) is 7.18. The predicted octanol–water partition coefficient (Wildman–Crippen LogP) is 4.03. The molecule has 1 N–H and O–H groups in total. The van der Waals surface area contributed by atoms with Crippen LogP contribution in [0.2, 0.25) is 0 Å². The average Bonchev–Trinajstić information content (AvgIpc) is 2.67. The lowest BCUT2D eigenvalue weighted by Crippen LogP contribution is -2.42. The minimum Gasteiger partial charge on any atom is -0.469 e. The first-order valence-corrected chi connectivity index (χ1v) is 9.22. The van der Waals surface area contributed by atoms with Crippen LogP contribution in [0.3, 0.4) is 0 Å². The maximum absolute atomic E-state index is 12.2. The molecule has 26 heavy (non-hydrogen) atoms. The first-order chi connectivity index (χ1) is 12.6. The average molecular weight is 373 g/mol. The van der Waals surface area contributed by atoms with Crippen LogP contribution >= 0.6 is 11.8 Å². The second kappa shape index (κ2) is 10.5. The number of ether oxygens (including phenoxy) is 2. The quantitative estimate of drug-likeness (QED) is 0.559. The number of methoxy groups -OCH3 is 1. The Labute approximate surface area is 158 Å². The van der Waals surface area contributed by atoms with E-state index in [4.69, 9.17) is 9.47 Å². The summed E-state index contributed by atoms with van der Waals surface area (Å²) in [6, 6.07) is 18.9. The SMILES string of the molecule is COC(=O)CC(NC(=O)OCc1ccccc1)C(C)Sc1ccccc1. The Kier molecular flexibility index (Phi) is 8.02. The Morgan fingerprint density at radius 3 is 2.27 bits per heavy atom. The third kappa shape index (κ3) is 6.80. The first kappa shape index (κ1) is 19.8. The van der Waals surface area contributed by atoms with E-state index in [2.05, 4.69) is 5.32 Å². The number of carbonyl (C=O) groups is 2. The molecular formula is C20H23NO4S. The van der Waals surface area contributed by atoms with Crippen LogP contribution in [0.15, 0.2) is 65.6 Å². The molecule has 0 saturated heterocycles. The van der Waals surface area contributed by atoms with Crippen LogP contribution < -0.4 is 5.32 Å². The third-order valence-electron chi connectivity index (χ3n) is 3.76. The van der Waals surface area contributed by atoms with Gasteiger partial charge in [0, 0.05) is 10.1 Å². The van der Waals surface area contributed by atoms with Gasteiger partial charge in [-0.3, -0.25) is 4.79 Å². The number of hydrogen-bond acceptors (Lipinski definition) is 5. The number of hydrogen-bond donors (Lipinski definition) is 1. The molecule has 0 aliphatic carbocycles. The van der Waals surface area contributed by atoms with E-state index in [1.54, 1.807) is 11.8 Å². The summed E-state index contributed by atoms with van der Waals surface area (Å²) < 4.78 is 10.0. The van der Waals surface area contributed by atoms with Gasteiger partial charge in [0.15, 0.2) is 0 Å². The molecule has 6 heteroatoms. The molecule has 0 fully saturated rings. The van der Waals surface area contributed by atoms with Gasteiger partial charge in [-0.2, -0.15) is 0 Å². The second-order valence-electron chi connectivity index (χ2n) is 5.73. The van der Waals surface area contributed by atoms with Crippen molar-refractivity contribution in [2.45, 2.75) is 36.1 Å². The largest absolute Gasteiger partial charge is 0.469 e. The summed E-state index contributed by atoms with van der Waals surface area (Å²) in [4.78, 5) is 24.9. The van der Waals surface area contributed by atoms with E-state index in [1.165, 1.54) is 7.11 Å².